The number of nitrogens with zero attached hydrogens (tertiary/aromatic N) is 2. The minimum Gasteiger partial charge on any atom is -0.472 e. The summed E-state index contributed by atoms with van der Waals surface area (Å²) in [5.74, 6) is 0.625. The second-order valence-electron chi connectivity index (χ2n) is 5.21. The van der Waals surface area contributed by atoms with E-state index in [1.165, 1.54) is 16.9 Å². The maximum atomic E-state index is 6.19. The van der Waals surface area contributed by atoms with Crippen LogP contribution in [0.15, 0.2) is 24.5 Å². The third-order valence-electron chi connectivity index (χ3n) is 3.88. The molecule has 1 aliphatic carbocycles. The first-order valence-corrected chi connectivity index (χ1v) is 8.62. The van der Waals surface area contributed by atoms with Crippen LogP contribution in [-0.2, 0) is 19.4 Å². The number of hydrogen-bond acceptors (Lipinski definition) is 4. The molecule has 6 heteroatoms. The highest BCUT2D eigenvalue weighted by molar-refractivity contribution is 7.18. The van der Waals surface area contributed by atoms with Gasteiger partial charge in [-0.1, -0.05) is 29.3 Å². The zero-order valence-corrected chi connectivity index (χ0v) is 13.9. The van der Waals surface area contributed by atoms with E-state index >= 15 is 0 Å². The molecule has 0 unspecified atom stereocenters. The summed E-state index contributed by atoms with van der Waals surface area (Å²) < 4.78 is 5.94. The van der Waals surface area contributed by atoms with E-state index in [-0.39, 0.29) is 0 Å². The third-order valence-corrected chi connectivity index (χ3v) is 5.79. The van der Waals surface area contributed by atoms with Gasteiger partial charge < -0.3 is 4.74 Å². The van der Waals surface area contributed by atoms with Crippen LogP contribution in [0.25, 0.3) is 10.2 Å². The lowest BCUT2D eigenvalue weighted by Crippen LogP contribution is -2.00. The molecule has 0 spiro atoms. The van der Waals surface area contributed by atoms with Crippen molar-refractivity contribution in [3.63, 3.8) is 0 Å². The zero-order chi connectivity index (χ0) is 15.1. The van der Waals surface area contributed by atoms with Crippen LogP contribution in [0.1, 0.15) is 22.4 Å². The lowest BCUT2D eigenvalue weighted by atomic mass is 10.2. The molecule has 2 heterocycles. The average Bonchev–Trinajstić information content (AvgIpc) is 3.07. The first kappa shape index (κ1) is 14.2. The minimum absolute atomic E-state index is 0.301. The van der Waals surface area contributed by atoms with E-state index in [0.29, 0.717) is 22.5 Å². The van der Waals surface area contributed by atoms with Crippen molar-refractivity contribution in [1.82, 2.24) is 9.97 Å². The average molecular weight is 351 g/mol. The van der Waals surface area contributed by atoms with E-state index in [0.717, 1.165) is 28.6 Å². The van der Waals surface area contributed by atoms with Gasteiger partial charge in [0.25, 0.3) is 0 Å². The van der Waals surface area contributed by atoms with Crippen molar-refractivity contribution in [2.24, 2.45) is 0 Å². The molecule has 0 atom stereocenters. The second kappa shape index (κ2) is 5.69. The first-order chi connectivity index (χ1) is 10.7. The monoisotopic (exact) mass is 350 g/mol. The normalized spacial score (nSPS) is 13.5. The molecule has 22 heavy (non-hydrogen) atoms. The van der Waals surface area contributed by atoms with Gasteiger partial charge in [-0.2, -0.15) is 0 Å². The number of aromatic nitrogens is 2. The van der Waals surface area contributed by atoms with E-state index in [1.807, 2.05) is 18.2 Å². The van der Waals surface area contributed by atoms with Gasteiger partial charge in [0.2, 0.25) is 5.88 Å². The number of thiophene rings is 1. The van der Waals surface area contributed by atoms with E-state index in [2.05, 4.69) is 9.97 Å². The molecule has 0 amide bonds. The van der Waals surface area contributed by atoms with Crippen molar-refractivity contribution in [3.8, 4) is 5.88 Å². The van der Waals surface area contributed by atoms with Gasteiger partial charge in [0.1, 0.15) is 17.8 Å². The minimum atomic E-state index is 0.301. The Hall–Kier alpha value is -1.36. The first-order valence-electron chi connectivity index (χ1n) is 7.05. The molecule has 2 aromatic heterocycles. The summed E-state index contributed by atoms with van der Waals surface area (Å²) in [6, 6.07) is 5.44. The molecule has 1 aromatic carbocycles. The Bertz CT molecular complexity index is 842. The Morgan fingerprint density at radius 2 is 1.95 bits per heavy atom. The van der Waals surface area contributed by atoms with Crippen molar-refractivity contribution in [3.05, 3.63) is 50.6 Å². The highest BCUT2D eigenvalue weighted by Crippen LogP contribution is 2.40. The van der Waals surface area contributed by atoms with Crippen molar-refractivity contribution in [2.45, 2.75) is 25.9 Å². The number of benzene rings is 1. The summed E-state index contributed by atoms with van der Waals surface area (Å²) in [5, 5.41) is 2.27. The molecule has 0 saturated heterocycles. The molecule has 0 radical (unpaired) electrons. The molecular formula is C16H12Cl2N2OS. The molecule has 1 aliphatic rings. The summed E-state index contributed by atoms with van der Waals surface area (Å²) in [5.41, 5.74) is 2.13. The van der Waals surface area contributed by atoms with Crippen molar-refractivity contribution in [2.75, 3.05) is 0 Å². The maximum Gasteiger partial charge on any atom is 0.225 e. The standard InChI is InChI=1S/C16H12Cl2N2OS/c17-11-4-2-5-12(18)10(11)7-21-15-14-9-3-1-6-13(9)22-16(14)20-8-19-15/h2,4-5,8H,1,3,6-7H2. The summed E-state index contributed by atoms with van der Waals surface area (Å²) in [4.78, 5) is 11.1. The molecule has 0 N–H and O–H groups in total. The molecule has 3 aromatic rings. The Labute approximate surface area is 141 Å². The van der Waals surface area contributed by atoms with Gasteiger partial charge in [-0.05, 0) is 37.0 Å². The molecule has 0 fully saturated rings. The van der Waals surface area contributed by atoms with Gasteiger partial charge in [-0.3, -0.25) is 0 Å². The topological polar surface area (TPSA) is 35.0 Å². The predicted octanol–water partition coefficient (Wildman–Crippen LogP) is 5.07. The summed E-state index contributed by atoms with van der Waals surface area (Å²) in [6.45, 7) is 0.301. The molecule has 4 rings (SSSR count). The van der Waals surface area contributed by atoms with Crippen LogP contribution in [-0.4, -0.2) is 9.97 Å². The quantitative estimate of drug-likeness (QED) is 0.661. The smallest absolute Gasteiger partial charge is 0.225 e. The molecule has 0 aliphatic heterocycles. The van der Waals surface area contributed by atoms with Crippen LogP contribution in [0, 0.1) is 0 Å². The van der Waals surface area contributed by atoms with E-state index in [4.69, 9.17) is 27.9 Å². The highest BCUT2D eigenvalue weighted by atomic mass is 35.5. The largest absolute Gasteiger partial charge is 0.472 e. The van der Waals surface area contributed by atoms with Gasteiger partial charge in [0.15, 0.2) is 0 Å². The fraction of sp³-hybridized carbons (Fsp3) is 0.250. The van der Waals surface area contributed by atoms with Crippen LogP contribution in [0.5, 0.6) is 5.88 Å². The zero-order valence-electron chi connectivity index (χ0n) is 11.6. The fourth-order valence-electron chi connectivity index (χ4n) is 2.82. The number of hydrogen-bond donors (Lipinski definition) is 0. The number of ether oxygens (including phenoxy) is 1. The number of halogens is 2. The van der Waals surface area contributed by atoms with Crippen molar-refractivity contribution in [1.29, 1.82) is 0 Å². The number of fused-ring (bicyclic) bond motifs is 3. The van der Waals surface area contributed by atoms with Crippen molar-refractivity contribution >= 4 is 44.8 Å². The van der Waals surface area contributed by atoms with E-state index in [1.54, 1.807) is 17.7 Å². The van der Waals surface area contributed by atoms with Gasteiger partial charge in [0, 0.05) is 20.5 Å². The second-order valence-corrected chi connectivity index (χ2v) is 7.10. The molecular weight excluding hydrogens is 339 g/mol. The number of aryl methyl sites for hydroxylation is 2. The molecule has 0 saturated carbocycles. The third kappa shape index (κ3) is 2.35. The lowest BCUT2D eigenvalue weighted by Gasteiger charge is -2.10. The summed E-state index contributed by atoms with van der Waals surface area (Å²) >= 11 is 14.1. The van der Waals surface area contributed by atoms with Crippen molar-refractivity contribution < 1.29 is 4.74 Å². The summed E-state index contributed by atoms with van der Waals surface area (Å²) in [6.07, 6.45) is 4.96. The van der Waals surface area contributed by atoms with Crippen LogP contribution in [0.2, 0.25) is 10.0 Å². The number of rotatable bonds is 3. The highest BCUT2D eigenvalue weighted by Gasteiger charge is 2.22. The molecule has 0 bridgehead atoms. The van der Waals surface area contributed by atoms with Crippen LogP contribution >= 0.6 is 34.5 Å². The fourth-order valence-corrected chi connectivity index (χ4v) is 4.55. The van der Waals surface area contributed by atoms with Gasteiger partial charge in [-0.15, -0.1) is 11.3 Å². The van der Waals surface area contributed by atoms with E-state index < -0.39 is 0 Å². The van der Waals surface area contributed by atoms with Crippen LogP contribution in [0.3, 0.4) is 0 Å². The Balaban J connectivity index is 1.70. The van der Waals surface area contributed by atoms with Gasteiger partial charge >= 0.3 is 0 Å². The van der Waals surface area contributed by atoms with E-state index in [9.17, 15) is 0 Å². The van der Waals surface area contributed by atoms with Gasteiger partial charge in [0.05, 0.1) is 5.39 Å². The Morgan fingerprint density at radius 1 is 1.14 bits per heavy atom. The molecule has 112 valence electrons. The van der Waals surface area contributed by atoms with Crippen LogP contribution in [0.4, 0.5) is 0 Å². The summed E-state index contributed by atoms with van der Waals surface area (Å²) in [7, 11) is 0. The molecule has 3 nitrogen and oxygen atoms in total. The Kier molecular flexibility index (Phi) is 3.68. The SMILES string of the molecule is Clc1cccc(Cl)c1COc1ncnc2sc3c(c12)CCC3. The lowest BCUT2D eigenvalue weighted by molar-refractivity contribution is 0.297. The van der Waals surface area contributed by atoms with Gasteiger partial charge in [-0.25, -0.2) is 9.97 Å². The van der Waals surface area contributed by atoms with Crippen LogP contribution < -0.4 is 4.74 Å². The Morgan fingerprint density at radius 3 is 2.77 bits per heavy atom. The predicted molar refractivity (Wildman–Crippen MR) is 90.2 cm³/mol. The maximum absolute atomic E-state index is 6.19.